The van der Waals surface area contributed by atoms with Gasteiger partial charge in [-0.2, -0.15) is 0 Å². The van der Waals surface area contributed by atoms with Crippen molar-refractivity contribution in [1.29, 1.82) is 0 Å². The summed E-state index contributed by atoms with van der Waals surface area (Å²) in [6.07, 6.45) is 0. The molecule has 1 aromatic rings. The number of carbonyl (C=O) groups is 1. The van der Waals surface area contributed by atoms with Gasteiger partial charge in [-0.1, -0.05) is 0 Å². The summed E-state index contributed by atoms with van der Waals surface area (Å²) in [6, 6.07) is 0.334. The number of carboxylic acids is 1. The van der Waals surface area contributed by atoms with Gasteiger partial charge in [0.15, 0.2) is 11.5 Å². The Morgan fingerprint density at radius 3 is 2.94 bits per heavy atom. The van der Waals surface area contributed by atoms with E-state index in [0.717, 1.165) is 0 Å². The van der Waals surface area contributed by atoms with Crippen LogP contribution in [-0.2, 0) is 4.79 Å². The summed E-state index contributed by atoms with van der Waals surface area (Å²) in [5.41, 5.74) is 5.91. The Morgan fingerprint density at radius 1 is 1.65 bits per heavy atom. The number of halogens is 1. The minimum Gasteiger partial charge on any atom is -0.495 e. The van der Waals surface area contributed by atoms with Gasteiger partial charge in [-0.05, 0) is 22.0 Å². The van der Waals surface area contributed by atoms with E-state index < -0.39 is 12.0 Å². The van der Waals surface area contributed by atoms with Gasteiger partial charge in [-0.3, -0.25) is 4.79 Å². The molecule has 1 unspecified atom stereocenters. The highest BCUT2D eigenvalue weighted by Crippen LogP contribution is 2.47. The molecule has 1 aliphatic rings. The van der Waals surface area contributed by atoms with Crippen LogP contribution in [0.25, 0.3) is 0 Å². The van der Waals surface area contributed by atoms with E-state index in [4.69, 9.17) is 25.1 Å². The van der Waals surface area contributed by atoms with Crippen molar-refractivity contribution in [2.45, 2.75) is 6.04 Å². The van der Waals surface area contributed by atoms with Crippen molar-refractivity contribution >= 4 is 21.9 Å². The maximum absolute atomic E-state index is 10.9. The van der Waals surface area contributed by atoms with E-state index in [0.29, 0.717) is 27.3 Å². The van der Waals surface area contributed by atoms with Crippen molar-refractivity contribution in [2.75, 3.05) is 13.9 Å². The lowest BCUT2D eigenvalue weighted by Gasteiger charge is -2.15. The van der Waals surface area contributed by atoms with E-state index in [1.54, 1.807) is 0 Å². The average Bonchev–Trinajstić information content (AvgIpc) is 2.76. The number of hydrogen-bond acceptors (Lipinski definition) is 5. The lowest BCUT2D eigenvalue weighted by molar-refractivity contribution is -0.138. The van der Waals surface area contributed by atoms with Crippen LogP contribution in [0.2, 0.25) is 0 Å². The van der Waals surface area contributed by atoms with Gasteiger partial charge in [-0.15, -0.1) is 0 Å². The number of rotatable bonds is 3. The quantitative estimate of drug-likeness (QED) is 0.874. The van der Waals surface area contributed by atoms with Crippen LogP contribution in [0, 0.1) is 0 Å². The molecule has 1 atom stereocenters. The molecule has 0 bridgehead atoms. The lowest BCUT2D eigenvalue weighted by Crippen LogP contribution is -2.21. The molecule has 6 nitrogen and oxygen atoms in total. The number of nitrogens with two attached hydrogens (primary N) is 1. The van der Waals surface area contributed by atoms with Crippen molar-refractivity contribution in [3.8, 4) is 17.2 Å². The third-order valence-corrected chi connectivity index (χ3v) is 3.11. The van der Waals surface area contributed by atoms with Gasteiger partial charge in [0.2, 0.25) is 6.79 Å². The molecule has 2 rings (SSSR count). The zero-order valence-corrected chi connectivity index (χ0v) is 10.5. The Bertz CT molecular complexity index is 476. The van der Waals surface area contributed by atoms with Crippen LogP contribution in [0.5, 0.6) is 17.2 Å². The standard InChI is InChI=1S/C10H10BrNO5/c1-15-8-4(7(12)10(13)14)2-5-9(6(8)11)17-3-16-5/h2,7H,3,12H2,1H3,(H,13,14). The summed E-state index contributed by atoms with van der Waals surface area (Å²) in [5.74, 6) is 0.130. The SMILES string of the molecule is COc1c(C(N)C(=O)O)cc2c(c1Br)OCO2. The molecule has 0 radical (unpaired) electrons. The first kappa shape index (κ1) is 12.0. The minimum absolute atomic E-state index is 0.0862. The van der Waals surface area contributed by atoms with Crippen molar-refractivity contribution in [3.05, 3.63) is 16.1 Å². The molecule has 0 saturated heterocycles. The van der Waals surface area contributed by atoms with Gasteiger partial charge in [0, 0.05) is 5.56 Å². The van der Waals surface area contributed by atoms with Gasteiger partial charge in [0.1, 0.15) is 16.3 Å². The highest BCUT2D eigenvalue weighted by atomic mass is 79.9. The molecule has 0 aromatic heterocycles. The molecular weight excluding hydrogens is 294 g/mol. The number of fused-ring (bicyclic) bond motifs is 1. The molecule has 1 heterocycles. The summed E-state index contributed by atoms with van der Waals surface area (Å²) in [4.78, 5) is 10.9. The largest absolute Gasteiger partial charge is 0.495 e. The monoisotopic (exact) mass is 303 g/mol. The third-order valence-electron chi connectivity index (χ3n) is 2.39. The summed E-state index contributed by atoms with van der Waals surface area (Å²) in [6.45, 7) is 0.0862. The molecule has 17 heavy (non-hydrogen) atoms. The van der Waals surface area contributed by atoms with Gasteiger partial charge >= 0.3 is 5.97 Å². The Morgan fingerprint density at radius 2 is 2.35 bits per heavy atom. The van der Waals surface area contributed by atoms with Gasteiger partial charge in [-0.25, -0.2) is 0 Å². The second-order valence-electron chi connectivity index (χ2n) is 3.36. The molecule has 0 aliphatic carbocycles. The summed E-state index contributed by atoms with van der Waals surface area (Å²) in [5, 5.41) is 8.93. The summed E-state index contributed by atoms with van der Waals surface area (Å²) in [7, 11) is 1.43. The fourth-order valence-electron chi connectivity index (χ4n) is 1.58. The Hall–Kier alpha value is -1.47. The number of ether oxygens (including phenoxy) is 3. The zero-order valence-electron chi connectivity index (χ0n) is 8.90. The summed E-state index contributed by atoms with van der Waals surface area (Å²) < 4.78 is 16.1. The number of methoxy groups -OCH3 is 1. The molecule has 7 heteroatoms. The van der Waals surface area contributed by atoms with Crippen LogP contribution < -0.4 is 19.9 Å². The van der Waals surface area contributed by atoms with E-state index in [1.165, 1.54) is 13.2 Å². The van der Waals surface area contributed by atoms with Crippen LogP contribution in [-0.4, -0.2) is 25.0 Å². The van der Waals surface area contributed by atoms with E-state index in [9.17, 15) is 4.79 Å². The molecular formula is C10H10BrNO5. The smallest absolute Gasteiger partial charge is 0.325 e. The van der Waals surface area contributed by atoms with Crippen LogP contribution in [0.3, 0.4) is 0 Å². The Kier molecular flexibility index (Phi) is 3.12. The van der Waals surface area contributed by atoms with Gasteiger partial charge < -0.3 is 25.1 Å². The predicted octanol–water partition coefficient (Wildman–Crippen LogP) is 1.27. The molecule has 0 spiro atoms. The number of aliphatic carboxylic acids is 1. The van der Waals surface area contributed by atoms with E-state index in [-0.39, 0.29) is 6.79 Å². The lowest BCUT2D eigenvalue weighted by atomic mass is 10.1. The first-order valence-electron chi connectivity index (χ1n) is 4.70. The molecule has 92 valence electrons. The molecule has 3 N–H and O–H groups in total. The normalized spacial score (nSPS) is 14.5. The highest BCUT2D eigenvalue weighted by Gasteiger charge is 2.28. The van der Waals surface area contributed by atoms with Crippen LogP contribution >= 0.6 is 15.9 Å². The number of hydrogen-bond donors (Lipinski definition) is 2. The first-order valence-corrected chi connectivity index (χ1v) is 5.50. The van der Waals surface area contributed by atoms with Crippen LogP contribution in [0.15, 0.2) is 10.5 Å². The molecule has 1 aliphatic heterocycles. The Balaban J connectivity index is 2.59. The molecule has 0 amide bonds. The number of benzene rings is 1. The second kappa shape index (κ2) is 4.42. The van der Waals surface area contributed by atoms with Gasteiger partial charge in [0.25, 0.3) is 0 Å². The first-order chi connectivity index (χ1) is 8.06. The maximum atomic E-state index is 10.9. The second-order valence-corrected chi connectivity index (χ2v) is 4.16. The van der Waals surface area contributed by atoms with Crippen LogP contribution in [0.4, 0.5) is 0 Å². The van der Waals surface area contributed by atoms with E-state index >= 15 is 0 Å². The van der Waals surface area contributed by atoms with Crippen molar-refractivity contribution in [1.82, 2.24) is 0 Å². The van der Waals surface area contributed by atoms with Crippen molar-refractivity contribution in [2.24, 2.45) is 5.73 Å². The molecule has 1 aromatic carbocycles. The third kappa shape index (κ3) is 1.91. The molecule has 0 saturated carbocycles. The van der Waals surface area contributed by atoms with E-state index in [2.05, 4.69) is 15.9 Å². The predicted molar refractivity (Wildman–Crippen MR) is 61.4 cm³/mol. The fraction of sp³-hybridized carbons (Fsp3) is 0.300. The van der Waals surface area contributed by atoms with Gasteiger partial charge in [0.05, 0.1) is 7.11 Å². The minimum atomic E-state index is -1.18. The van der Waals surface area contributed by atoms with Crippen molar-refractivity contribution in [3.63, 3.8) is 0 Å². The zero-order chi connectivity index (χ0) is 12.6. The van der Waals surface area contributed by atoms with Crippen molar-refractivity contribution < 1.29 is 24.1 Å². The van der Waals surface area contributed by atoms with E-state index in [1.807, 2.05) is 0 Å². The average molecular weight is 304 g/mol. The highest BCUT2D eigenvalue weighted by molar-refractivity contribution is 9.10. The molecule has 0 fully saturated rings. The Labute approximate surface area is 105 Å². The fourth-order valence-corrected chi connectivity index (χ4v) is 2.28. The number of carboxylic acid groups (broad SMARTS) is 1. The topological polar surface area (TPSA) is 91.0 Å². The van der Waals surface area contributed by atoms with Crippen LogP contribution in [0.1, 0.15) is 11.6 Å². The summed E-state index contributed by atoms with van der Waals surface area (Å²) >= 11 is 3.28. The maximum Gasteiger partial charge on any atom is 0.325 e.